The Labute approximate surface area is 196 Å². The molecule has 5 heteroatoms. The van der Waals surface area contributed by atoms with Gasteiger partial charge in [0, 0.05) is 15.7 Å². The first kappa shape index (κ1) is 20.2. The topological polar surface area (TPSA) is 53.1 Å². The monoisotopic (exact) mass is 518 g/mol. The fourth-order valence-corrected chi connectivity index (χ4v) is 5.48. The Morgan fingerprint density at radius 2 is 1.61 bits per heavy atom. The first-order valence-electron chi connectivity index (χ1n) is 10.7. The van der Waals surface area contributed by atoms with E-state index in [1.807, 2.05) is 30.5 Å². The molecule has 1 unspecified atom stereocenters. The molecule has 0 bridgehead atoms. The van der Waals surface area contributed by atoms with Crippen LogP contribution < -0.4 is 5.32 Å². The highest BCUT2D eigenvalue weighted by molar-refractivity contribution is 14.1. The van der Waals surface area contributed by atoms with Crippen LogP contribution in [0.25, 0.3) is 28.0 Å². The SMILES string of the molecule is N#Cc1ccc(-c2cnc3ccc(-c4ccc(C(I)C5CCNCC5)cc4)cn23)cc1. The van der Waals surface area contributed by atoms with Crippen LogP contribution >= 0.6 is 22.6 Å². The number of benzene rings is 2. The third kappa shape index (κ3) is 4.10. The number of alkyl halides is 1. The van der Waals surface area contributed by atoms with Crippen molar-refractivity contribution in [2.24, 2.45) is 5.92 Å². The maximum atomic E-state index is 9.05. The van der Waals surface area contributed by atoms with Crippen molar-refractivity contribution >= 4 is 28.2 Å². The summed E-state index contributed by atoms with van der Waals surface area (Å²) in [5, 5.41) is 12.5. The second-order valence-electron chi connectivity index (χ2n) is 8.09. The fraction of sp³-hybridized carbons (Fsp3) is 0.231. The Balaban J connectivity index is 1.44. The summed E-state index contributed by atoms with van der Waals surface area (Å²) in [5.41, 5.74) is 7.44. The van der Waals surface area contributed by atoms with Crippen LogP contribution in [0.2, 0.25) is 0 Å². The Morgan fingerprint density at radius 3 is 2.32 bits per heavy atom. The van der Waals surface area contributed by atoms with Gasteiger partial charge < -0.3 is 5.32 Å². The normalized spacial score (nSPS) is 15.6. The molecule has 0 amide bonds. The van der Waals surface area contributed by atoms with E-state index in [1.54, 1.807) is 0 Å². The number of fused-ring (bicyclic) bond motifs is 1. The average molecular weight is 518 g/mol. The molecule has 1 N–H and O–H groups in total. The zero-order chi connectivity index (χ0) is 21.2. The predicted octanol–water partition coefficient (Wildman–Crippen LogP) is 6.02. The van der Waals surface area contributed by atoms with Crippen LogP contribution in [0.3, 0.4) is 0 Å². The van der Waals surface area contributed by atoms with E-state index >= 15 is 0 Å². The van der Waals surface area contributed by atoms with E-state index in [4.69, 9.17) is 5.26 Å². The van der Waals surface area contributed by atoms with Gasteiger partial charge in [0.15, 0.2) is 0 Å². The van der Waals surface area contributed by atoms with Crippen molar-refractivity contribution in [1.82, 2.24) is 14.7 Å². The van der Waals surface area contributed by atoms with Gasteiger partial charge in [-0.1, -0.05) is 59.0 Å². The van der Waals surface area contributed by atoms with Crippen LogP contribution in [-0.4, -0.2) is 22.5 Å². The molecule has 0 radical (unpaired) electrons. The number of piperidine rings is 1. The summed E-state index contributed by atoms with van der Waals surface area (Å²) < 4.78 is 2.69. The lowest BCUT2D eigenvalue weighted by atomic mass is 9.90. The van der Waals surface area contributed by atoms with Crippen molar-refractivity contribution in [3.63, 3.8) is 0 Å². The zero-order valence-electron chi connectivity index (χ0n) is 17.1. The summed E-state index contributed by atoms with van der Waals surface area (Å²) in [7, 11) is 0. The molecule has 1 atom stereocenters. The molecule has 1 aliphatic heterocycles. The van der Waals surface area contributed by atoms with Crippen LogP contribution in [0.5, 0.6) is 0 Å². The minimum atomic E-state index is 0.563. The lowest BCUT2D eigenvalue weighted by Crippen LogP contribution is -2.29. The van der Waals surface area contributed by atoms with Crippen molar-refractivity contribution in [2.45, 2.75) is 16.8 Å². The van der Waals surface area contributed by atoms with Crippen molar-refractivity contribution in [1.29, 1.82) is 5.26 Å². The summed E-state index contributed by atoms with van der Waals surface area (Å²) in [6, 6.07) is 23.1. The smallest absolute Gasteiger partial charge is 0.137 e. The standard InChI is InChI=1S/C26H23IN4/c27-26(22-11-13-29-14-12-22)21-7-5-19(6-8-21)23-9-10-25-30-16-24(31(25)17-23)20-3-1-18(15-28)2-4-20/h1-10,16-17,22,26,29H,11-14H2. The molecular formula is C26H23IN4. The van der Waals surface area contributed by atoms with Crippen LogP contribution in [0.4, 0.5) is 0 Å². The van der Waals surface area contributed by atoms with Gasteiger partial charge in [-0.3, -0.25) is 4.40 Å². The molecular weight excluding hydrogens is 495 g/mol. The number of nitrogens with zero attached hydrogens (tertiary/aromatic N) is 3. The van der Waals surface area contributed by atoms with Crippen LogP contribution in [0.1, 0.15) is 27.9 Å². The molecule has 1 saturated heterocycles. The highest BCUT2D eigenvalue weighted by Gasteiger charge is 2.22. The predicted molar refractivity (Wildman–Crippen MR) is 133 cm³/mol. The molecule has 154 valence electrons. The summed E-state index contributed by atoms with van der Waals surface area (Å²) in [4.78, 5) is 4.55. The molecule has 3 heterocycles. The summed E-state index contributed by atoms with van der Waals surface area (Å²) in [6.45, 7) is 2.27. The van der Waals surface area contributed by atoms with Gasteiger partial charge in [-0.15, -0.1) is 0 Å². The highest BCUT2D eigenvalue weighted by atomic mass is 127. The molecule has 2 aromatic carbocycles. The molecule has 1 aliphatic rings. The Hall–Kier alpha value is -2.69. The summed E-state index contributed by atoms with van der Waals surface area (Å²) >= 11 is 2.62. The molecule has 0 spiro atoms. The molecule has 4 nitrogen and oxygen atoms in total. The second-order valence-corrected chi connectivity index (χ2v) is 9.43. The number of imidazole rings is 1. The lowest BCUT2D eigenvalue weighted by Gasteiger charge is -2.27. The number of nitrogens with one attached hydrogen (secondary N) is 1. The number of rotatable bonds is 4. The molecule has 5 rings (SSSR count). The van der Waals surface area contributed by atoms with Crippen molar-refractivity contribution in [3.8, 4) is 28.5 Å². The largest absolute Gasteiger partial charge is 0.317 e. The van der Waals surface area contributed by atoms with Gasteiger partial charge in [0.05, 0.1) is 23.5 Å². The number of hydrogen-bond acceptors (Lipinski definition) is 3. The molecule has 0 aliphatic carbocycles. The van der Waals surface area contributed by atoms with E-state index in [-0.39, 0.29) is 0 Å². The summed E-state index contributed by atoms with van der Waals surface area (Å²) in [6.07, 6.45) is 6.55. The molecule has 31 heavy (non-hydrogen) atoms. The highest BCUT2D eigenvalue weighted by Crippen LogP contribution is 2.37. The first-order chi connectivity index (χ1) is 15.2. The first-order valence-corrected chi connectivity index (χ1v) is 11.9. The third-order valence-corrected chi connectivity index (χ3v) is 7.91. The summed E-state index contributed by atoms with van der Waals surface area (Å²) in [5.74, 6) is 0.755. The lowest BCUT2D eigenvalue weighted by molar-refractivity contribution is 0.374. The number of nitriles is 1. The Morgan fingerprint density at radius 1 is 0.935 bits per heavy atom. The molecule has 0 saturated carbocycles. The van der Waals surface area contributed by atoms with Crippen molar-refractivity contribution in [2.75, 3.05) is 13.1 Å². The van der Waals surface area contributed by atoms with Gasteiger partial charge in [-0.2, -0.15) is 5.26 Å². The Kier molecular flexibility index (Phi) is 5.75. The quantitative estimate of drug-likeness (QED) is 0.266. The molecule has 1 fully saturated rings. The molecule has 2 aromatic heterocycles. The van der Waals surface area contributed by atoms with E-state index < -0.39 is 0 Å². The minimum Gasteiger partial charge on any atom is -0.317 e. The van der Waals surface area contributed by atoms with Crippen LogP contribution in [-0.2, 0) is 0 Å². The number of pyridine rings is 1. The molecule has 4 aromatic rings. The zero-order valence-corrected chi connectivity index (χ0v) is 19.3. The van der Waals surface area contributed by atoms with Crippen molar-refractivity contribution in [3.05, 3.63) is 84.2 Å². The number of hydrogen-bond donors (Lipinski definition) is 1. The third-order valence-electron chi connectivity index (χ3n) is 6.18. The maximum Gasteiger partial charge on any atom is 0.137 e. The van der Waals surface area contributed by atoms with Gasteiger partial charge in [0.25, 0.3) is 0 Å². The Bertz CT molecular complexity index is 1230. The van der Waals surface area contributed by atoms with E-state index in [0.29, 0.717) is 9.49 Å². The van der Waals surface area contributed by atoms with E-state index in [1.165, 1.54) is 29.5 Å². The van der Waals surface area contributed by atoms with Gasteiger partial charge >= 0.3 is 0 Å². The van der Waals surface area contributed by atoms with Gasteiger partial charge in [-0.25, -0.2) is 4.98 Å². The van der Waals surface area contributed by atoms with Crippen LogP contribution in [0.15, 0.2) is 73.1 Å². The number of halogens is 1. The minimum absolute atomic E-state index is 0.563. The van der Waals surface area contributed by atoms with E-state index in [0.717, 1.165) is 35.9 Å². The van der Waals surface area contributed by atoms with E-state index in [9.17, 15) is 0 Å². The maximum absolute atomic E-state index is 9.05. The van der Waals surface area contributed by atoms with Gasteiger partial charge in [-0.05, 0) is 72.8 Å². The van der Waals surface area contributed by atoms with Gasteiger partial charge in [0.2, 0.25) is 0 Å². The average Bonchev–Trinajstić information content (AvgIpc) is 3.27. The number of aromatic nitrogens is 2. The second kappa shape index (κ2) is 8.81. The van der Waals surface area contributed by atoms with Gasteiger partial charge in [0.1, 0.15) is 5.65 Å². The fourth-order valence-electron chi connectivity index (χ4n) is 4.35. The van der Waals surface area contributed by atoms with Crippen molar-refractivity contribution < 1.29 is 0 Å². The van der Waals surface area contributed by atoms with Crippen LogP contribution in [0, 0.1) is 17.2 Å². The van der Waals surface area contributed by atoms with E-state index in [2.05, 4.69) is 86.0 Å².